The van der Waals surface area contributed by atoms with E-state index in [9.17, 15) is 19.1 Å². The summed E-state index contributed by atoms with van der Waals surface area (Å²) in [4.78, 5) is 27.3. The van der Waals surface area contributed by atoms with Crippen molar-refractivity contribution in [3.05, 3.63) is 94.2 Å². The van der Waals surface area contributed by atoms with Crippen LogP contribution in [0.2, 0.25) is 0 Å². The number of carbonyl (C=O) groups is 2. The van der Waals surface area contributed by atoms with Gasteiger partial charge in [0.2, 0.25) is 0 Å². The molecule has 1 saturated heterocycles. The third kappa shape index (κ3) is 3.20. The monoisotopic (exact) mass is 405 g/mol. The van der Waals surface area contributed by atoms with Crippen molar-refractivity contribution in [3.8, 4) is 0 Å². The highest BCUT2D eigenvalue weighted by Gasteiger charge is 2.48. The molecule has 0 radical (unpaired) electrons. The molecule has 1 unspecified atom stereocenters. The van der Waals surface area contributed by atoms with E-state index < -0.39 is 23.5 Å². The van der Waals surface area contributed by atoms with Crippen LogP contribution < -0.4 is 4.90 Å². The van der Waals surface area contributed by atoms with Gasteiger partial charge in [-0.2, -0.15) is 0 Å². The number of benzene rings is 2. The second-order valence-corrected chi connectivity index (χ2v) is 7.39. The lowest BCUT2D eigenvalue weighted by Gasteiger charge is -2.24. The van der Waals surface area contributed by atoms with Gasteiger partial charge in [-0.3, -0.25) is 14.5 Å². The molecule has 4 rings (SSSR count). The van der Waals surface area contributed by atoms with Gasteiger partial charge in [0.15, 0.2) is 0 Å². The number of aliphatic hydroxyl groups is 1. The number of anilines is 1. The van der Waals surface area contributed by atoms with Crippen molar-refractivity contribution in [1.82, 2.24) is 0 Å². The summed E-state index contributed by atoms with van der Waals surface area (Å²) in [6, 6.07) is 13.0. The highest BCUT2D eigenvalue weighted by atomic mass is 19.1. The number of hydrogen-bond donors (Lipinski definition) is 1. The highest BCUT2D eigenvalue weighted by Crippen LogP contribution is 2.42. The van der Waals surface area contributed by atoms with Crippen LogP contribution in [0.4, 0.5) is 10.1 Å². The fourth-order valence-electron chi connectivity index (χ4n) is 3.61. The van der Waals surface area contributed by atoms with E-state index in [1.165, 1.54) is 29.2 Å². The number of furan rings is 1. The van der Waals surface area contributed by atoms with Gasteiger partial charge in [-0.15, -0.1) is 0 Å². The summed E-state index contributed by atoms with van der Waals surface area (Å²) >= 11 is 0. The summed E-state index contributed by atoms with van der Waals surface area (Å²) < 4.78 is 19.1. The molecule has 1 N–H and O–H groups in total. The zero-order valence-corrected chi connectivity index (χ0v) is 16.8. The molecule has 0 bridgehead atoms. The summed E-state index contributed by atoms with van der Waals surface area (Å²) in [5.74, 6) is -1.47. The Hall–Kier alpha value is -3.67. The van der Waals surface area contributed by atoms with Gasteiger partial charge in [-0.25, -0.2) is 4.39 Å². The third-order valence-electron chi connectivity index (χ3n) is 5.36. The second-order valence-electron chi connectivity index (χ2n) is 7.39. The Bertz CT molecular complexity index is 1190. The Morgan fingerprint density at radius 2 is 1.67 bits per heavy atom. The van der Waals surface area contributed by atoms with E-state index in [2.05, 4.69) is 0 Å². The number of carbonyl (C=O) groups excluding carboxylic acids is 2. The Morgan fingerprint density at radius 1 is 0.967 bits per heavy atom. The van der Waals surface area contributed by atoms with E-state index in [-0.39, 0.29) is 16.9 Å². The number of hydrogen-bond acceptors (Lipinski definition) is 4. The lowest BCUT2D eigenvalue weighted by molar-refractivity contribution is -0.132. The molecule has 0 saturated carbocycles. The van der Waals surface area contributed by atoms with Gasteiger partial charge >= 0.3 is 0 Å². The normalized spacial score (nSPS) is 18.3. The molecule has 1 atom stereocenters. The van der Waals surface area contributed by atoms with Crippen molar-refractivity contribution < 1.29 is 23.5 Å². The summed E-state index contributed by atoms with van der Waals surface area (Å²) in [6.07, 6.45) is 0. The van der Waals surface area contributed by atoms with Crippen molar-refractivity contribution in [2.45, 2.75) is 26.8 Å². The van der Waals surface area contributed by atoms with Crippen LogP contribution in [-0.4, -0.2) is 16.8 Å². The average Bonchev–Trinajstić information content (AvgIpc) is 3.25. The number of Topliss-reactive ketones (excluding diaryl/α,β-unsaturated/α-hetero) is 1. The van der Waals surface area contributed by atoms with E-state index in [1.807, 2.05) is 26.0 Å². The lowest BCUT2D eigenvalue weighted by Crippen LogP contribution is -2.29. The van der Waals surface area contributed by atoms with Gasteiger partial charge in [0.1, 0.15) is 29.1 Å². The second kappa shape index (κ2) is 7.30. The van der Waals surface area contributed by atoms with E-state index in [0.29, 0.717) is 17.2 Å². The summed E-state index contributed by atoms with van der Waals surface area (Å²) in [6.45, 7) is 5.63. The quantitative estimate of drug-likeness (QED) is 0.379. The molecule has 0 aliphatic carbocycles. The molecule has 1 aliphatic heterocycles. The SMILES string of the molecule is Cc1ccc(C2/C(=C(/O)c3ccc(F)cc3)C(=O)C(=O)N2c2ccc(C)c(C)c2)o1. The smallest absolute Gasteiger partial charge is 0.300 e. The largest absolute Gasteiger partial charge is 0.507 e. The van der Waals surface area contributed by atoms with E-state index >= 15 is 0 Å². The van der Waals surface area contributed by atoms with E-state index in [4.69, 9.17) is 4.42 Å². The molecule has 152 valence electrons. The maximum Gasteiger partial charge on any atom is 0.300 e. The van der Waals surface area contributed by atoms with Crippen LogP contribution in [0.25, 0.3) is 5.76 Å². The average molecular weight is 405 g/mol. The van der Waals surface area contributed by atoms with Gasteiger partial charge in [-0.1, -0.05) is 6.07 Å². The Kier molecular flexibility index (Phi) is 4.78. The van der Waals surface area contributed by atoms with Crippen molar-refractivity contribution >= 4 is 23.1 Å². The summed E-state index contributed by atoms with van der Waals surface area (Å²) in [5, 5.41) is 10.9. The molecule has 0 spiro atoms. The predicted octanol–water partition coefficient (Wildman–Crippen LogP) is 4.97. The summed E-state index contributed by atoms with van der Waals surface area (Å²) in [5.41, 5.74) is 2.67. The first-order chi connectivity index (χ1) is 14.3. The maximum absolute atomic E-state index is 13.3. The van der Waals surface area contributed by atoms with Crippen LogP contribution in [0.15, 0.2) is 64.6 Å². The van der Waals surface area contributed by atoms with Crippen LogP contribution >= 0.6 is 0 Å². The van der Waals surface area contributed by atoms with Crippen LogP contribution in [-0.2, 0) is 9.59 Å². The lowest BCUT2D eigenvalue weighted by atomic mass is 9.99. The van der Waals surface area contributed by atoms with Crippen molar-refractivity contribution in [1.29, 1.82) is 0 Å². The van der Waals surface area contributed by atoms with Crippen molar-refractivity contribution in [3.63, 3.8) is 0 Å². The van der Waals surface area contributed by atoms with Crippen LogP contribution in [0.3, 0.4) is 0 Å². The number of aryl methyl sites for hydroxylation is 3. The molecule has 1 aliphatic rings. The third-order valence-corrected chi connectivity index (χ3v) is 5.36. The molecule has 1 amide bonds. The molecule has 2 aromatic carbocycles. The molecular formula is C24H20FNO4. The zero-order valence-electron chi connectivity index (χ0n) is 16.8. The number of aliphatic hydroxyl groups excluding tert-OH is 1. The number of nitrogens with zero attached hydrogens (tertiary/aromatic N) is 1. The summed E-state index contributed by atoms with van der Waals surface area (Å²) in [7, 11) is 0. The van der Waals surface area contributed by atoms with Crippen molar-refractivity contribution in [2.75, 3.05) is 4.90 Å². The minimum absolute atomic E-state index is 0.0980. The first kappa shape index (κ1) is 19.6. The fraction of sp³-hybridized carbons (Fsp3) is 0.167. The Labute approximate surface area is 173 Å². The van der Waals surface area contributed by atoms with E-state index in [0.717, 1.165) is 11.1 Å². The number of ketones is 1. The number of amides is 1. The van der Waals surface area contributed by atoms with Gasteiger partial charge in [0.25, 0.3) is 11.7 Å². The van der Waals surface area contributed by atoms with Crippen molar-refractivity contribution in [2.24, 2.45) is 0 Å². The first-order valence-electron chi connectivity index (χ1n) is 9.48. The molecule has 3 aromatic rings. The molecule has 5 nitrogen and oxygen atoms in total. The zero-order chi connectivity index (χ0) is 21.6. The van der Waals surface area contributed by atoms with E-state index in [1.54, 1.807) is 25.1 Å². The maximum atomic E-state index is 13.3. The predicted molar refractivity (Wildman–Crippen MR) is 111 cm³/mol. The fourth-order valence-corrected chi connectivity index (χ4v) is 3.61. The topological polar surface area (TPSA) is 70.8 Å². The van der Waals surface area contributed by atoms with Crippen LogP contribution in [0.1, 0.15) is 34.3 Å². The highest BCUT2D eigenvalue weighted by molar-refractivity contribution is 6.51. The van der Waals surface area contributed by atoms with Gasteiger partial charge < -0.3 is 9.52 Å². The van der Waals surface area contributed by atoms with Gasteiger partial charge in [0, 0.05) is 11.3 Å². The molecule has 1 fully saturated rings. The number of rotatable bonds is 3. The van der Waals surface area contributed by atoms with Gasteiger partial charge in [0.05, 0.1) is 5.57 Å². The molecular weight excluding hydrogens is 385 g/mol. The Balaban J connectivity index is 1.94. The van der Waals surface area contributed by atoms with Crippen LogP contribution in [0, 0.1) is 26.6 Å². The minimum Gasteiger partial charge on any atom is -0.507 e. The number of halogens is 1. The molecule has 30 heavy (non-hydrogen) atoms. The standard InChI is InChI=1S/C24H20FNO4/c1-13-4-10-18(12-14(13)2)26-21(19-11-5-15(3)30-19)20(23(28)24(26)29)22(27)16-6-8-17(25)9-7-16/h4-12,21,27H,1-3H3/b22-20-. The molecule has 1 aromatic heterocycles. The first-order valence-corrected chi connectivity index (χ1v) is 9.48. The molecule has 2 heterocycles. The Morgan fingerprint density at radius 3 is 2.27 bits per heavy atom. The van der Waals surface area contributed by atoms with Gasteiger partial charge in [-0.05, 0) is 80.4 Å². The minimum atomic E-state index is -0.939. The van der Waals surface area contributed by atoms with Crippen LogP contribution in [0.5, 0.6) is 0 Å². The molecule has 6 heteroatoms.